The van der Waals surface area contributed by atoms with Crippen LogP contribution >= 0.6 is 23.2 Å². The number of methoxy groups -OCH3 is 1. The molecule has 2 rings (SSSR count). The number of nitrogens with one attached hydrogen (secondary N) is 1. The molecule has 1 aliphatic rings. The van der Waals surface area contributed by atoms with Crippen LogP contribution in [0.4, 0.5) is 4.79 Å². The van der Waals surface area contributed by atoms with Crippen LogP contribution in [0.15, 0.2) is 12.1 Å². The Morgan fingerprint density at radius 3 is 2.60 bits per heavy atom. The third-order valence-electron chi connectivity index (χ3n) is 3.40. The summed E-state index contributed by atoms with van der Waals surface area (Å²) >= 11 is 12.0. The first-order valence-corrected chi connectivity index (χ1v) is 6.79. The molecule has 0 saturated carbocycles. The van der Waals surface area contributed by atoms with Crippen molar-refractivity contribution in [2.75, 3.05) is 7.11 Å². The van der Waals surface area contributed by atoms with Crippen molar-refractivity contribution in [3.05, 3.63) is 33.3 Å². The molecule has 0 saturated heterocycles. The molecule has 5 nitrogen and oxygen atoms in total. The van der Waals surface area contributed by atoms with Gasteiger partial charge in [-0.15, -0.1) is 0 Å². The molecule has 0 aliphatic heterocycles. The Kier molecular flexibility index (Phi) is 4.40. The molecule has 20 heavy (non-hydrogen) atoms. The van der Waals surface area contributed by atoms with Crippen LogP contribution in [0.25, 0.3) is 0 Å². The maximum Gasteiger partial charge on any atom is 0.312 e. The molecule has 2 unspecified atom stereocenters. The zero-order valence-corrected chi connectivity index (χ0v) is 12.3. The highest BCUT2D eigenvalue weighted by Crippen LogP contribution is 2.38. The van der Waals surface area contributed by atoms with Gasteiger partial charge in [-0.3, -0.25) is 4.79 Å². The van der Waals surface area contributed by atoms with E-state index in [0.29, 0.717) is 22.9 Å². The fraction of sp³-hybridized carbons (Fsp3) is 0.385. The van der Waals surface area contributed by atoms with Crippen molar-refractivity contribution in [2.45, 2.75) is 18.9 Å². The predicted molar refractivity (Wildman–Crippen MR) is 75.7 cm³/mol. The van der Waals surface area contributed by atoms with E-state index in [-0.39, 0.29) is 17.9 Å². The Hall–Kier alpha value is -1.46. The van der Waals surface area contributed by atoms with Crippen molar-refractivity contribution in [3.63, 3.8) is 0 Å². The van der Waals surface area contributed by atoms with Crippen molar-refractivity contribution in [3.8, 4) is 0 Å². The van der Waals surface area contributed by atoms with Gasteiger partial charge in [-0.1, -0.05) is 23.2 Å². The van der Waals surface area contributed by atoms with Gasteiger partial charge < -0.3 is 15.8 Å². The minimum Gasteiger partial charge on any atom is -0.469 e. The third-order valence-corrected chi connectivity index (χ3v) is 4.12. The highest BCUT2D eigenvalue weighted by molar-refractivity contribution is 6.42. The van der Waals surface area contributed by atoms with Gasteiger partial charge >= 0.3 is 12.0 Å². The Labute approximate surface area is 126 Å². The summed E-state index contributed by atoms with van der Waals surface area (Å²) < 4.78 is 4.77. The second-order valence-electron chi connectivity index (χ2n) is 4.69. The number of carbonyl (C=O) groups is 2. The zero-order valence-electron chi connectivity index (χ0n) is 10.8. The average molecular weight is 317 g/mol. The second-order valence-corrected chi connectivity index (χ2v) is 5.50. The van der Waals surface area contributed by atoms with Crippen molar-refractivity contribution in [1.29, 1.82) is 0 Å². The van der Waals surface area contributed by atoms with Gasteiger partial charge in [0.1, 0.15) is 0 Å². The van der Waals surface area contributed by atoms with Crippen molar-refractivity contribution < 1.29 is 14.3 Å². The summed E-state index contributed by atoms with van der Waals surface area (Å²) in [4.78, 5) is 22.8. The highest BCUT2D eigenvalue weighted by Gasteiger charge is 2.33. The number of hydrogen-bond acceptors (Lipinski definition) is 3. The summed E-state index contributed by atoms with van der Waals surface area (Å²) in [7, 11) is 1.34. The van der Waals surface area contributed by atoms with Crippen LogP contribution < -0.4 is 11.1 Å². The van der Waals surface area contributed by atoms with Crippen molar-refractivity contribution >= 4 is 35.2 Å². The van der Waals surface area contributed by atoms with Crippen molar-refractivity contribution in [1.82, 2.24) is 5.32 Å². The Bertz CT molecular complexity index is 563. The molecule has 2 amide bonds. The number of nitrogens with two attached hydrogens (primary N) is 1. The van der Waals surface area contributed by atoms with E-state index < -0.39 is 6.03 Å². The molecule has 2 atom stereocenters. The average Bonchev–Trinajstić information content (AvgIpc) is 2.39. The third kappa shape index (κ3) is 2.99. The second kappa shape index (κ2) is 5.89. The molecule has 3 N–H and O–H groups in total. The van der Waals surface area contributed by atoms with Crippen LogP contribution in [0.1, 0.15) is 23.6 Å². The van der Waals surface area contributed by atoms with Crippen LogP contribution in [0, 0.1) is 5.92 Å². The van der Waals surface area contributed by atoms with E-state index in [1.54, 1.807) is 12.1 Å². The maximum atomic E-state index is 11.7. The molecule has 108 valence electrons. The van der Waals surface area contributed by atoms with E-state index in [2.05, 4.69) is 5.32 Å². The Morgan fingerprint density at radius 2 is 2.00 bits per heavy atom. The minimum absolute atomic E-state index is 0.321. The quantitative estimate of drug-likeness (QED) is 0.822. The molecule has 0 radical (unpaired) electrons. The molecule has 1 aromatic rings. The van der Waals surface area contributed by atoms with Crippen LogP contribution in [-0.2, 0) is 16.0 Å². The summed E-state index contributed by atoms with van der Waals surface area (Å²) in [6, 6.07) is 2.38. The lowest BCUT2D eigenvalue weighted by Gasteiger charge is -2.30. The SMILES string of the molecule is COC(=O)C1Cc2cc(Cl)c(Cl)cc2C(NC(N)=O)C1. The van der Waals surface area contributed by atoms with Crippen molar-refractivity contribution in [2.24, 2.45) is 11.7 Å². The number of halogens is 2. The van der Waals surface area contributed by atoms with Gasteiger partial charge in [0.25, 0.3) is 0 Å². The first kappa shape index (κ1) is 14.9. The first-order chi connectivity index (χ1) is 9.42. The number of rotatable bonds is 2. The molecule has 1 aromatic carbocycles. The lowest BCUT2D eigenvalue weighted by atomic mass is 9.80. The van der Waals surface area contributed by atoms with Gasteiger partial charge in [0.15, 0.2) is 0 Å². The number of esters is 1. The van der Waals surface area contributed by atoms with E-state index in [1.165, 1.54) is 7.11 Å². The van der Waals surface area contributed by atoms with Gasteiger partial charge in [0.2, 0.25) is 0 Å². The topological polar surface area (TPSA) is 81.4 Å². The molecular weight excluding hydrogens is 303 g/mol. The Morgan fingerprint density at radius 1 is 1.35 bits per heavy atom. The number of fused-ring (bicyclic) bond motifs is 1. The van der Waals surface area contributed by atoms with E-state index in [1.807, 2.05) is 0 Å². The fourth-order valence-electron chi connectivity index (χ4n) is 2.52. The molecule has 0 bridgehead atoms. The number of amides is 2. The molecular formula is C13H14Cl2N2O3. The van der Waals surface area contributed by atoms with Gasteiger partial charge in [-0.25, -0.2) is 4.79 Å². The van der Waals surface area contributed by atoms with E-state index in [4.69, 9.17) is 33.7 Å². The molecule has 0 spiro atoms. The summed E-state index contributed by atoms with van der Waals surface area (Å²) in [5, 5.41) is 3.43. The zero-order chi connectivity index (χ0) is 14.9. The van der Waals surface area contributed by atoms with Gasteiger partial charge in [0.05, 0.1) is 29.1 Å². The molecule has 0 fully saturated rings. The summed E-state index contributed by atoms with van der Waals surface area (Å²) in [6.45, 7) is 0. The minimum atomic E-state index is -0.655. The standard InChI is InChI=1S/C13H14Cl2N2O3/c1-20-12(18)7-2-6-3-9(14)10(15)5-8(6)11(4-7)17-13(16)19/h3,5,7,11H,2,4H2,1H3,(H3,16,17,19). The number of ether oxygens (including phenoxy) is 1. The van der Waals surface area contributed by atoms with Gasteiger partial charge in [0, 0.05) is 0 Å². The molecule has 0 heterocycles. The highest BCUT2D eigenvalue weighted by atomic mass is 35.5. The number of carbonyl (C=O) groups excluding carboxylic acids is 2. The van der Waals surface area contributed by atoms with Gasteiger partial charge in [-0.2, -0.15) is 0 Å². The van der Waals surface area contributed by atoms with Crippen LogP contribution in [0.3, 0.4) is 0 Å². The normalized spacial score (nSPS) is 20.9. The molecule has 0 aromatic heterocycles. The van der Waals surface area contributed by atoms with E-state index >= 15 is 0 Å². The predicted octanol–water partition coefficient (Wildman–Crippen LogP) is 2.44. The fourth-order valence-corrected chi connectivity index (χ4v) is 2.88. The van der Waals surface area contributed by atoms with Gasteiger partial charge in [-0.05, 0) is 36.1 Å². The summed E-state index contributed by atoms with van der Waals surface area (Å²) in [5.41, 5.74) is 6.87. The van der Waals surface area contributed by atoms with Crippen LogP contribution in [-0.4, -0.2) is 19.1 Å². The van der Waals surface area contributed by atoms with E-state index in [9.17, 15) is 9.59 Å². The molecule has 7 heteroatoms. The van der Waals surface area contributed by atoms with E-state index in [0.717, 1.165) is 11.1 Å². The monoisotopic (exact) mass is 316 g/mol. The van der Waals surface area contributed by atoms with Crippen LogP contribution in [0.2, 0.25) is 10.0 Å². The number of benzene rings is 1. The van der Waals surface area contributed by atoms with Crippen LogP contribution in [0.5, 0.6) is 0 Å². The smallest absolute Gasteiger partial charge is 0.312 e. The maximum absolute atomic E-state index is 11.7. The largest absolute Gasteiger partial charge is 0.469 e. The number of urea groups is 1. The summed E-state index contributed by atoms with van der Waals surface area (Å²) in [6.07, 6.45) is 0.913. The lowest BCUT2D eigenvalue weighted by molar-refractivity contribution is -0.146. The first-order valence-electron chi connectivity index (χ1n) is 6.04. The molecule has 1 aliphatic carbocycles. The number of hydrogen-bond donors (Lipinski definition) is 2. The number of primary amides is 1. The summed E-state index contributed by atoms with van der Waals surface area (Å²) in [5.74, 6) is -0.667. The Balaban J connectivity index is 2.40. The lowest BCUT2D eigenvalue weighted by Crippen LogP contribution is -2.38.